The van der Waals surface area contributed by atoms with Crippen molar-refractivity contribution in [3.8, 4) is 0 Å². The zero-order valence-corrected chi connectivity index (χ0v) is 10.9. The van der Waals surface area contributed by atoms with Gasteiger partial charge in [-0.25, -0.2) is 8.42 Å². The Morgan fingerprint density at radius 1 is 1.41 bits per heavy atom. The average molecular weight is 271 g/mol. The molecule has 1 aromatic carbocycles. The molecule has 0 fully saturated rings. The second kappa shape index (κ2) is 4.58. The second-order valence-electron chi connectivity index (χ2n) is 3.77. The van der Waals surface area contributed by atoms with Crippen molar-refractivity contribution < 1.29 is 8.42 Å². The van der Waals surface area contributed by atoms with Crippen molar-refractivity contribution in [2.75, 3.05) is 11.5 Å². The summed E-state index contributed by atoms with van der Waals surface area (Å²) in [5.41, 5.74) is 6.04. The molecule has 0 amide bonds. The maximum absolute atomic E-state index is 12.0. The number of thioether (sulfide) groups is 1. The van der Waals surface area contributed by atoms with Gasteiger partial charge in [-0.1, -0.05) is 11.8 Å². The Morgan fingerprint density at radius 3 is 2.59 bits per heavy atom. The van der Waals surface area contributed by atoms with Gasteiger partial charge in [-0.2, -0.15) is 0 Å². The fourth-order valence-corrected chi connectivity index (χ4v) is 3.54. The van der Waals surface area contributed by atoms with Crippen molar-refractivity contribution in [3.05, 3.63) is 24.3 Å². The molecule has 3 N–H and O–H groups in total. The summed E-state index contributed by atoms with van der Waals surface area (Å²) >= 11 is 1.41. The van der Waals surface area contributed by atoms with E-state index < -0.39 is 10.0 Å². The normalized spacial score (nSPS) is 20.1. The molecular weight excluding hydrogens is 258 g/mol. The van der Waals surface area contributed by atoms with E-state index in [4.69, 9.17) is 5.73 Å². The van der Waals surface area contributed by atoms with Crippen LogP contribution in [0.3, 0.4) is 0 Å². The van der Waals surface area contributed by atoms with Crippen molar-refractivity contribution >= 4 is 32.6 Å². The third kappa shape index (κ3) is 2.92. The molecule has 1 aliphatic heterocycles. The fourth-order valence-electron chi connectivity index (χ4n) is 1.35. The van der Waals surface area contributed by atoms with Crippen molar-refractivity contribution in [2.24, 2.45) is 4.99 Å². The topological polar surface area (TPSA) is 84.5 Å². The van der Waals surface area contributed by atoms with Crippen molar-refractivity contribution in [3.63, 3.8) is 0 Å². The molecule has 0 aromatic heterocycles. The molecule has 0 spiro atoms. The van der Waals surface area contributed by atoms with Gasteiger partial charge in [0.15, 0.2) is 5.17 Å². The number of hydrogen-bond donors (Lipinski definition) is 2. The van der Waals surface area contributed by atoms with Gasteiger partial charge < -0.3 is 5.73 Å². The summed E-state index contributed by atoms with van der Waals surface area (Å²) in [6, 6.07) is 6.22. The minimum Gasteiger partial charge on any atom is -0.399 e. The van der Waals surface area contributed by atoms with E-state index in [0.717, 1.165) is 5.75 Å². The molecule has 1 atom stereocenters. The summed E-state index contributed by atoms with van der Waals surface area (Å²) in [6.07, 6.45) is 0. The molecule has 1 heterocycles. The maximum atomic E-state index is 12.0. The Hall–Kier alpha value is -1.21. The number of nitrogens with two attached hydrogens (primary N) is 1. The first-order valence-corrected chi connectivity index (χ1v) is 7.53. The van der Waals surface area contributed by atoms with Gasteiger partial charge in [-0.05, 0) is 31.2 Å². The lowest BCUT2D eigenvalue weighted by Gasteiger charge is -2.06. The molecule has 0 saturated heterocycles. The fraction of sp³-hybridized carbons (Fsp3) is 0.300. The van der Waals surface area contributed by atoms with E-state index in [1.54, 1.807) is 12.1 Å². The monoisotopic (exact) mass is 271 g/mol. The third-order valence-electron chi connectivity index (χ3n) is 2.21. The van der Waals surface area contributed by atoms with Gasteiger partial charge >= 0.3 is 0 Å². The first-order valence-electron chi connectivity index (χ1n) is 5.06. The number of nitrogens with zero attached hydrogens (tertiary/aromatic N) is 1. The molecule has 0 saturated carbocycles. The molecule has 0 unspecified atom stereocenters. The summed E-state index contributed by atoms with van der Waals surface area (Å²) in [7, 11) is -3.54. The van der Waals surface area contributed by atoms with Crippen LogP contribution in [0.1, 0.15) is 6.92 Å². The molecule has 1 aromatic rings. The smallest absolute Gasteiger partial charge is 0.263 e. The highest BCUT2D eigenvalue weighted by molar-refractivity contribution is 8.15. The van der Waals surface area contributed by atoms with Crippen LogP contribution in [0.4, 0.5) is 5.69 Å². The van der Waals surface area contributed by atoms with Crippen LogP contribution in [0.25, 0.3) is 0 Å². The van der Waals surface area contributed by atoms with E-state index in [-0.39, 0.29) is 10.9 Å². The van der Waals surface area contributed by atoms with E-state index in [9.17, 15) is 8.42 Å². The molecule has 2 rings (SSSR count). The zero-order valence-electron chi connectivity index (χ0n) is 9.25. The summed E-state index contributed by atoms with van der Waals surface area (Å²) in [4.78, 5) is 4.37. The van der Waals surface area contributed by atoms with Crippen LogP contribution in [0.2, 0.25) is 0 Å². The number of amidine groups is 1. The van der Waals surface area contributed by atoms with Crippen LogP contribution in [0.15, 0.2) is 34.2 Å². The SMILES string of the molecule is C[C@H]1CSC(NS(=O)(=O)c2ccc(N)cc2)=N1. The molecule has 1 aliphatic rings. The minimum absolute atomic E-state index is 0.157. The third-order valence-corrected chi connectivity index (χ3v) is 4.83. The molecule has 5 nitrogen and oxygen atoms in total. The summed E-state index contributed by atoms with van der Waals surface area (Å²) in [5.74, 6) is 0.805. The van der Waals surface area contributed by atoms with E-state index in [1.807, 2.05) is 6.92 Å². The van der Waals surface area contributed by atoms with Crippen LogP contribution in [-0.2, 0) is 10.0 Å². The minimum atomic E-state index is -3.54. The van der Waals surface area contributed by atoms with Gasteiger partial charge in [0, 0.05) is 11.4 Å². The van der Waals surface area contributed by atoms with E-state index in [1.165, 1.54) is 23.9 Å². The predicted octanol–water partition coefficient (Wildman–Crippen LogP) is 1.04. The molecule has 92 valence electrons. The molecule has 17 heavy (non-hydrogen) atoms. The van der Waals surface area contributed by atoms with Crippen LogP contribution >= 0.6 is 11.8 Å². The molecular formula is C10H13N3O2S2. The first-order chi connectivity index (χ1) is 7.97. The number of nitrogen functional groups attached to an aromatic ring is 1. The average Bonchev–Trinajstić information content (AvgIpc) is 2.63. The van der Waals surface area contributed by atoms with E-state index in [0.29, 0.717) is 10.9 Å². The highest BCUT2D eigenvalue weighted by Crippen LogP contribution is 2.18. The molecule has 0 aliphatic carbocycles. The Bertz CT molecular complexity index is 537. The Labute approximate surface area is 105 Å². The van der Waals surface area contributed by atoms with Crippen LogP contribution < -0.4 is 10.5 Å². The van der Waals surface area contributed by atoms with Crippen LogP contribution in [0.5, 0.6) is 0 Å². The highest BCUT2D eigenvalue weighted by atomic mass is 32.2. The van der Waals surface area contributed by atoms with Crippen LogP contribution in [-0.4, -0.2) is 25.4 Å². The largest absolute Gasteiger partial charge is 0.399 e. The maximum Gasteiger partial charge on any atom is 0.263 e. The number of anilines is 1. The van der Waals surface area contributed by atoms with Gasteiger partial charge in [0.05, 0.1) is 10.9 Å². The second-order valence-corrected chi connectivity index (χ2v) is 6.46. The summed E-state index contributed by atoms with van der Waals surface area (Å²) in [6.45, 7) is 1.94. The van der Waals surface area contributed by atoms with Gasteiger partial charge in [-0.3, -0.25) is 9.71 Å². The standard InChI is InChI=1S/C10H13N3O2S2/c1-7-6-16-10(12-7)13-17(14,15)9-4-2-8(11)3-5-9/h2-5,7H,6,11H2,1H3,(H,12,13)/t7-/m0/s1. The summed E-state index contributed by atoms with van der Waals surface area (Å²) in [5, 5.41) is 0.453. The van der Waals surface area contributed by atoms with E-state index in [2.05, 4.69) is 9.71 Å². The Balaban J connectivity index is 2.20. The number of rotatable bonds is 2. The molecule has 0 bridgehead atoms. The Morgan fingerprint density at radius 2 is 2.06 bits per heavy atom. The van der Waals surface area contributed by atoms with Crippen LogP contribution in [0, 0.1) is 0 Å². The summed E-state index contributed by atoms with van der Waals surface area (Å²) < 4.78 is 26.4. The number of benzene rings is 1. The zero-order chi connectivity index (χ0) is 12.5. The number of hydrogen-bond acceptors (Lipinski definition) is 5. The lowest BCUT2D eigenvalue weighted by atomic mass is 10.3. The molecule has 7 heteroatoms. The number of aliphatic imine (C=N–C) groups is 1. The predicted molar refractivity (Wildman–Crippen MR) is 70.5 cm³/mol. The van der Waals surface area contributed by atoms with Crippen molar-refractivity contribution in [2.45, 2.75) is 17.9 Å². The Kier molecular flexibility index (Phi) is 3.30. The number of sulfonamides is 1. The number of nitrogens with one attached hydrogen (secondary N) is 1. The van der Waals surface area contributed by atoms with Gasteiger partial charge in [0.25, 0.3) is 10.0 Å². The van der Waals surface area contributed by atoms with Gasteiger partial charge in [0.2, 0.25) is 0 Å². The van der Waals surface area contributed by atoms with Gasteiger partial charge in [-0.15, -0.1) is 0 Å². The van der Waals surface area contributed by atoms with Gasteiger partial charge in [0.1, 0.15) is 0 Å². The van der Waals surface area contributed by atoms with Crippen molar-refractivity contribution in [1.29, 1.82) is 0 Å². The lowest BCUT2D eigenvalue weighted by Crippen LogP contribution is -2.27. The lowest BCUT2D eigenvalue weighted by molar-refractivity contribution is 0.593. The molecule has 0 radical (unpaired) electrons. The highest BCUT2D eigenvalue weighted by Gasteiger charge is 2.20. The van der Waals surface area contributed by atoms with Crippen molar-refractivity contribution in [1.82, 2.24) is 4.72 Å². The van der Waals surface area contributed by atoms with E-state index >= 15 is 0 Å². The first kappa shape index (κ1) is 12.3. The quantitative estimate of drug-likeness (QED) is 0.787.